The molecule has 0 N–H and O–H groups in total. The predicted octanol–water partition coefficient (Wildman–Crippen LogP) is 4.62. The fourth-order valence-electron chi connectivity index (χ4n) is 3.12. The number of nitrogens with zero attached hydrogens (tertiary/aromatic N) is 1. The van der Waals surface area contributed by atoms with Gasteiger partial charge >= 0.3 is 0 Å². The molecule has 2 heteroatoms. The van der Waals surface area contributed by atoms with Crippen molar-refractivity contribution >= 4 is 22.2 Å². The van der Waals surface area contributed by atoms with Crippen molar-refractivity contribution < 1.29 is 4.74 Å². The van der Waals surface area contributed by atoms with Crippen LogP contribution < -0.4 is 4.74 Å². The Balaban J connectivity index is 2.29. The Morgan fingerprint density at radius 2 is 1.95 bits per heavy atom. The second kappa shape index (κ2) is 4.09. The molecule has 0 saturated carbocycles. The van der Waals surface area contributed by atoms with E-state index in [1.54, 1.807) is 7.11 Å². The number of hydrogen-bond acceptors (Lipinski definition) is 2. The molecule has 0 bridgehead atoms. The number of hydrogen-bond donors (Lipinski definition) is 0. The molecule has 0 radical (unpaired) electrons. The third kappa shape index (κ3) is 1.66. The van der Waals surface area contributed by atoms with Crippen molar-refractivity contribution in [2.24, 2.45) is 4.99 Å². The van der Waals surface area contributed by atoms with Crippen molar-refractivity contribution in [2.45, 2.75) is 32.6 Å². The van der Waals surface area contributed by atoms with E-state index >= 15 is 0 Å². The highest BCUT2D eigenvalue weighted by molar-refractivity contribution is 6.07. The van der Waals surface area contributed by atoms with E-state index in [0.717, 1.165) is 17.9 Å². The van der Waals surface area contributed by atoms with Gasteiger partial charge in [-0.3, -0.25) is 4.99 Å². The molecule has 19 heavy (non-hydrogen) atoms. The first-order chi connectivity index (χ1) is 9.07. The molecule has 98 valence electrons. The highest BCUT2D eigenvalue weighted by Crippen LogP contribution is 2.45. The van der Waals surface area contributed by atoms with Gasteiger partial charge in [0.15, 0.2) is 0 Å². The Labute approximate surface area is 114 Å². The summed E-state index contributed by atoms with van der Waals surface area (Å²) in [6, 6.07) is 10.5. The molecular formula is C17H19NO. The van der Waals surface area contributed by atoms with E-state index in [2.05, 4.69) is 45.0 Å². The highest BCUT2D eigenvalue weighted by atomic mass is 16.5. The minimum atomic E-state index is 0.0260. The van der Waals surface area contributed by atoms with Gasteiger partial charge in [-0.2, -0.15) is 0 Å². The van der Waals surface area contributed by atoms with E-state index in [0.29, 0.717) is 0 Å². The standard InChI is InChI=1S/C17H19NO/c1-5-15-17(2,3)16-13-8-7-12(19-4)10-11(13)6-9-14(16)18-15/h6-10H,5H2,1-4H3. The van der Waals surface area contributed by atoms with Gasteiger partial charge in [0.2, 0.25) is 0 Å². The quantitative estimate of drug-likeness (QED) is 0.765. The van der Waals surface area contributed by atoms with Crippen LogP contribution in [-0.4, -0.2) is 12.8 Å². The topological polar surface area (TPSA) is 21.6 Å². The van der Waals surface area contributed by atoms with Gasteiger partial charge in [0.1, 0.15) is 5.75 Å². The maximum atomic E-state index is 5.31. The molecule has 1 heterocycles. The Morgan fingerprint density at radius 3 is 2.63 bits per heavy atom. The Kier molecular flexibility index (Phi) is 2.63. The molecule has 0 aliphatic carbocycles. The monoisotopic (exact) mass is 253 g/mol. The van der Waals surface area contributed by atoms with E-state index in [9.17, 15) is 0 Å². The Bertz CT molecular complexity index is 683. The van der Waals surface area contributed by atoms with Gasteiger partial charge < -0.3 is 4.74 Å². The van der Waals surface area contributed by atoms with Crippen LogP contribution in [0.15, 0.2) is 35.3 Å². The lowest BCUT2D eigenvalue weighted by Crippen LogP contribution is -2.24. The average Bonchev–Trinajstić information content (AvgIpc) is 2.69. The van der Waals surface area contributed by atoms with Gasteiger partial charge in [0.05, 0.1) is 12.8 Å². The molecule has 2 aromatic carbocycles. The molecule has 0 saturated heterocycles. The maximum absolute atomic E-state index is 5.31. The molecule has 0 atom stereocenters. The van der Waals surface area contributed by atoms with Crippen LogP contribution in [0.3, 0.4) is 0 Å². The second-order valence-corrected chi connectivity index (χ2v) is 5.58. The number of methoxy groups -OCH3 is 1. The van der Waals surface area contributed by atoms with Crippen molar-refractivity contribution in [2.75, 3.05) is 7.11 Å². The first-order valence-electron chi connectivity index (χ1n) is 6.77. The summed E-state index contributed by atoms with van der Waals surface area (Å²) in [5, 5.41) is 2.51. The van der Waals surface area contributed by atoms with Crippen molar-refractivity contribution in [3.63, 3.8) is 0 Å². The lowest BCUT2D eigenvalue weighted by atomic mass is 9.78. The summed E-state index contributed by atoms with van der Waals surface area (Å²) >= 11 is 0. The van der Waals surface area contributed by atoms with E-state index in [1.165, 1.54) is 22.0 Å². The fraction of sp³-hybridized carbons (Fsp3) is 0.353. The van der Waals surface area contributed by atoms with E-state index in [1.807, 2.05) is 6.07 Å². The fourth-order valence-corrected chi connectivity index (χ4v) is 3.12. The average molecular weight is 253 g/mol. The molecule has 0 unspecified atom stereocenters. The van der Waals surface area contributed by atoms with Crippen LogP contribution in [0.2, 0.25) is 0 Å². The number of benzene rings is 2. The van der Waals surface area contributed by atoms with Gasteiger partial charge in [0.25, 0.3) is 0 Å². The molecule has 2 aromatic rings. The van der Waals surface area contributed by atoms with Crippen LogP contribution in [0.25, 0.3) is 10.8 Å². The summed E-state index contributed by atoms with van der Waals surface area (Å²) < 4.78 is 5.31. The van der Waals surface area contributed by atoms with Crippen LogP contribution in [0, 0.1) is 0 Å². The second-order valence-electron chi connectivity index (χ2n) is 5.58. The van der Waals surface area contributed by atoms with Crippen molar-refractivity contribution in [1.29, 1.82) is 0 Å². The smallest absolute Gasteiger partial charge is 0.119 e. The third-order valence-corrected chi connectivity index (χ3v) is 4.14. The maximum Gasteiger partial charge on any atom is 0.119 e. The summed E-state index contributed by atoms with van der Waals surface area (Å²) in [6.07, 6.45) is 0.999. The number of fused-ring (bicyclic) bond motifs is 3. The molecule has 0 fully saturated rings. The summed E-state index contributed by atoms with van der Waals surface area (Å²) in [4.78, 5) is 4.80. The van der Waals surface area contributed by atoms with Gasteiger partial charge in [0, 0.05) is 11.1 Å². The zero-order valence-electron chi connectivity index (χ0n) is 11.9. The molecule has 2 nitrogen and oxygen atoms in total. The van der Waals surface area contributed by atoms with Gasteiger partial charge in [-0.25, -0.2) is 0 Å². The van der Waals surface area contributed by atoms with Crippen molar-refractivity contribution in [3.05, 3.63) is 35.9 Å². The van der Waals surface area contributed by atoms with E-state index < -0.39 is 0 Å². The zero-order chi connectivity index (χ0) is 13.6. The van der Waals surface area contributed by atoms with Crippen LogP contribution >= 0.6 is 0 Å². The van der Waals surface area contributed by atoms with E-state index in [4.69, 9.17) is 9.73 Å². The predicted molar refractivity (Wildman–Crippen MR) is 80.9 cm³/mol. The zero-order valence-corrected chi connectivity index (χ0v) is 11.9. The van der Waals surface area contributed by atoms with Crippen LogP contribution in [0.4, 0.5) is 5.69 Å². The Morgan fingerprint density at radius 1 is 1.16 bits per heavy atom. The summed E-state index contributed by atoms with van der Waals surface area (Å²) in [7, 11) is 1.71. The summed E-state index contributed by atoms with van der Waals surface area (Å²) in [5.41, 5.74) is 3.77. The third-order valence-electron chi connectivity index (χ3n) is 4.14. The molecular weight excluding hydrogens is 234 g/mol. The largest absolute Gasteiger partial charge is 0.497 e. The van der Waals surface area contributed by atoms with Crippen molar-refractivity contribution in [3.8, 4) is 5.75 Å². The minimum absolute atomic E-state index is 0.0260. The molecule has 0 amide bonds. The number of aliphatic imine (C=N–C) groups is 1. The first kappa shape index (κ1) is 12.2. The molecule has 3 rings (SSSR count). The van der Waals surface area contributed by atoms with E-state index in [-0.39, 0.29) is 5.41 Å². The molecule has 0 spiro atoms. The van der Waals surface area contributed by atoms with Crippen LogP contribution in [0.1, 0.15) is 32.8 Å². The number of rotatable bonds is 2. The Hall–Kier alpha value is -1.83. The van der Waals surface area contributed by atoms with Crippen molar-refractivity contribution in [1.82, 2.24) is 0 Å². The molecule has 1 aliphatic rings. The molecule has 0 aromatic heterocycles. The highest BCUT2D eigenvalue weighted by Gasteiger charge is 2.35. The summed E-state index contributed by atoms with van der Waals surface area (Å²) in [5.74, 6) is 0.903. The van der Waals surface area contributed by atoms with Gasteiger partial charge in [-0.05, 0) is 41.0 Å². The normalized spacial score (nSPS) is 16.3. The molecule has 1 aliphatic heterocycles. The van der Waals surface area contributed by atoms with Gasteiger partial charge in [-0.15, -0.1) is 0 Å². The lowest BCUT2D eigenvalue weighted by molar-refractivity contribution is 0.415. The minimum Gasteiger partial charge on any atom is -0.497 e. The number of ether oxygens (including phenoxy) is 1. The lowest BCUT2D eigenvalue weighted by Gasteiger charge is -2.23. The first-order valence-corrected chi connectivity index (χ1v) is 6.77. The van der Waals surface area contributed by atoms with Crippen LogP contribution in [-0.2, 0) is 5.41 Å². The summed E-state index contributed by atoms with van der Waals surface area (Å²) in [6.45, 7) is 6.72. The van der Waals surface area contributed by atoms with Gasteiger partial charge in [-0.1, -0.05) is 32.9 Å². The SMILES string of the molecule is CCC1=Nc2ccc3cc(OC)ccc3c2C1(C)C. The van der Waals surface area contributed by atoms with Crippen LogP contribution in [0.5, 0.6) is 5.75 Å².